The molecule has 0 radical (unpaired) electrons. The number of rotatable bonds is 3. The van der Waals surface area contributed by atoms with Gasteiger partial charge in [0.25, 0.3) is 0 Å². The van der Waals surface area contributed by atoms with Gasteiger partial charge >= 0.3 is 0 Å². The number of aromatic nitrogens is 1. The van der Waals surface area contributed by atoms with Crippen LogP contribution in [0.25, 0.3) is 10.9 Å². The topological polar surface area (TPSA) is 42.1 Å². The Hall–Kier alpha value is -2.55. The van der Waals surface area contributed by atoms with Crippen LogP contribution in [0.15, 0.2) is 60.7 Å². The summed E-state index contributed by atoms with van der Waals surface area (Å²) in [5.41, 5.74) is 8.81. The van der Waals surface area contributed by atoms with E-state index in [1.54, 1.807) is 0 Å². The number of fused-ring (bicyclic) bond motifs is 1. The molecule has 3 heteroatoms. The first-order valence-corrected chi connectivity index (χ1v) is 6.64. The number of hydrogen-bond donors (Lipinski definition) is 1. The van der Waals surface area contributed by atoms with Gasteiger partial charge in [-0.25, -0.2) is 4.98 Å². The molecule has 0 atom stereocenters. The summed E-state index contributed by atoms with van der Waals surface area (Å²) in [6.07, 6.45) is 0. The molecule has 0 fully saturated rings. The zero-order chi connectivity index (χ0) is 13.9. The summed E-state index contributed by atoms with van der Waals surface area (Å²) in [7, 11) is 2.04. The lowest BCUT2D eigenvalue weighted by Gasteiger charge is -2.19. The highest BCUT2D eigenvalue weighted by Crippen LogP contribution is 2.19. The van der Waals surface area contributed by atoms with E-state index in [9.17, 15) is 0 Å². The van der Waals surface area contributed by atoms with Gasteiger partial charge in [-0.15, -0.1) is 0 Å². The lowest BCUT2D eigenvalue weighted by atomic mass is 10.2. The van der Waals surface area contributed by atoms with Crippen molar-refractivity contribution in [2.75, 3.05) is 17.7 Å². The van der Waals surface area contributed by atoms with Crippen LogP contribution >= 0.6 is 0 Å². The minimum atomic E-state index is 0.788. The summed E-state index contributed by atoms with van der Waals surface area (Å²) < 4.78 is 0. The minimum Gasteiger partial charge on any atom is -0.399 e. The summed E-state index contributed by atoms with van der Waals surface area (Å²) in [5.74, 6) is 0.964. The third-order valence-electron chi connectivity index (χ3n) is 3.35. The number of nitrogen functional groups attached to an aromatic ring is 1. The number of pyridine rings is 1. The fourth-order valence-electron chi connectivity index (χ4n) is 2.31. The quantitative estimate of drug-likeness (QED) is 0.736. The molecule has 0 saturated heterocycles. The van der Waals surface area contributed by atoms with E-state index in [-0.39, 0.29) is 0 Å². The summed E-state index contributed by atoms with van der Waals surface area (Å²) in [6.45, 7) is 0.788. The smallest absolute Gasteiger partial charge is 0.129 e. The number of nitrogens with two attached hydrogens (primary N) is 1. The van der Waals surface area contributed by atoms with Gasteiger partial charge in [-0.05, 0) is 35.9 Å². The average Bonchev–Trinajstić information content (AvgIpc) is 2.47. The van der Waals surface area contributed by atoms with Crippen LogP contribution in [0.2, 0.25) is 0 Å². The molecule has 2 aromatic carbocycles. The van der Waals surface area contributed by atoms with E-state index in [2.05, 4.69) is 34.1 Å². The average molecular weight is 263 g/mol. The Kier molecular flexibility index (Phi) is 3.25. The van der Waals surface area contributed by atoms with Crippen LogP contribution in [0.4, 0.5) is 11.5 Å². The fourth-order valence-corrected chi connectivity index (χ4v) is 2.31. The molecule has 2 N–H and O–H groups in total. The number of para-hydroxylation sites is 1. The van der Waals surface area contributed by atoms with Gasteiger partial charge in [0.05, 0.1) is 5.52 Å². The second kappa shape index (κ2) is 5.21. The number of hydrogen-bond acceptors (Lipinski definition) is 3. The van der Waals surface area contributed by atoms with Crippen molar-refractivity contribution < 1.29 is 0 Å². The second-order valence-corrected chi connectivity index (χ2v) is 4.96. The molecule has 0 amide bonds. The highest BCUT2D eigenvalue weighted by atomic mass is 15.2. The molecular formula is C17H17N3. The Morgan fingerprint density at radius 2 is 1.85 bits per heavy atom. The van der Waals surface area contributed by atoms with Crippen molar-refractivity contribution in [3.63, 3.8) is 0 Å². The molecule has 0 aliphatic heterocycles. The SMILES string of the molecule is CN(Cc1cccc(N)c1)c1ccc2ccccc2n1. The van der Waals surface area contributed by atoms with Crippen LogP contribution in [0, 0.1) is 0 Å². The van der Waals surface area contributed by atoms with Crippen molar-refractivity contribution in [2.24, 2.45) is 0 Å². The second-order valence-electron chi connectivity index (χ2n) is 4.96. The molecule has 0 aliphatic rings. The molecule has 100 valence electrons. The van der Waals surface area contributed by atoms with E-state index in [0.717, 1.165) is 29.0 Å². The van der Waals surface area contributed by atoms with Crippen LogP contribution in [0.1, 0.15) is 5.56 Å². The maximum atomic E-state index is 5.81. The van der Waals surface area contributed by atoms with Gasteiger partial charge in [0.2, 0.25) is 0 Å². The normalized spacial score (nSPS) is 10.7. The van der Waals surface area contributed by atoms with E-state index in [4.69, 9.17) is 5.73 Å². The molecule has 3 aromatic rings. The number of benzene rings is 2. The predicted octanol–water partition coefficient (Wildman–Crippen LogP) is 3.45. The number of anilines is 2. The standard InChI is InChI=1S/C17H17N3/c1-20(12-13-5-4-7-15(18)11-13)17-10-9-14-6-2-3-8-16(14)19-17/h2-11H,12,18H2,1H3. The van der Waals surface area contributed by atoms with E-state index in [1.165, 1.54) is 5.56 Å². The largest absolute Gasteiger partial charge is 0.399 e. The van der Waals surface area contributed by atoms with Crippen LogP contribution in [-0.2, 0) is 6.54 Å². The van der Waals surface area contributed by atoms with Crippen molar-refractivity contribution in [2.45, 2.75) is 6.54 Å². The Morgan fingerprint density at radius 1 is 1.00 bits per heavy atom. The Labute approximate surface area is 118 Å². The molecular weight excluding hydrogens is 246 g/mol. The minimum absolute atomic E-state index is 0.788. The van der Waals surface area contributed by atoms with Gasteiger partial charge in [-0.1, -0.05) is 30.3 Å². The molecule has 3 nitrogen and oxygen atoms in total. The zero-order valence-electron chi connectivity index (χ0n) is 11.5. The van der Waals surface area contributed by atoms with E-state index in [1.807, 2.05) is 43.4 Å². The molecule has 20 heavy (non-hydrogen) atoms. The summed E-state index contributed by atoms with van der Waals surface area (Å²) in [4.78, 5) is 6.81. The Balaban J connectivity index is 1.86. The third kappa shape index (κ3) is 2.57. The van der Waals surface area contributed by atoms with Crippen molar-refractivity contribution >= 4 is 22.4 Å². The molecule has 1 aromatic heterocycles. The molecule has 0 unspecified atom stereocenters. The highest BCUT2D eigenvalue weighted by molar-refractivity contribution is 5.80. The first kappa shape index (κ1) is 12.5. The van der Waals surface area contributed by atoms with Crippen molar-refractivity contribution in [1.82, 2.24) is 4.98 Å². The summed E-state index contributed by atoms with van der Waals surface area (Å²) >= 11 is 0. The maximum absolute atomic E-state index is 5.81. The lowest BCUT2D eigenvalue weighted by molar-refractivity contribution is 0.903. The lowest BCUT2D eigenvalue weighted by Crippen LogP contribution is -2.17. The van der Waals surface area contributed by atoms with Gasteiger partial charge < -0.3 is 10.6 Å². The fraction of sp³-hybridized carbons (Fsp3) is 0.118. The van der Waals surface area contributed by atoms with Crippen LogP contribution in [0.5, 0.6) is 0 Å². The van der Waals surface area contributed by atoms with Crippen LogP contribution in [0.3, 0.4) is 0 Å². The molecule has 0 saturated carbocycles. The summed E-state index contributed by atoms with van der Waals surface area (Å²) in [6, 6.07) is 20.3. The van der Waals surface area contributed by atoms with E-state index >= 15 is 0 Å². The highest BCUT2D eigenvalue weighted by Gasteiger charge is 2.05. The van der Waals surface area contributed by atoms with Crippen LogP contribution in [-0.4, -0.2) is 12.0 Å². The predicted molar refractivity (Wildman–Crippen MR) is 84.7 cm³/mol. The first-order valence-electron chi connectivity index (χ1n) is 6.64. The number of nitrogens with zero attached hydrogens (tertiary/aromatic N) is 2. The summed E-state index contributed by atoms with van der Waals surface area (Å²) in [5, 5.41) is 1.16. The maximum Gasteiger partial charge on any atom is 0.129 e. The van der Waals surface area contributed by atoms with E-state index < -0.39 is 0 Å². The molecule has 3 rings (SSSR count). The molecule has 0 spiro atoms. The Bertz CT molecular complexity index is 737. The van der Waals surface area contributed by atoms with Crippen molar-refractivity contribution in [1.29, 1.82) is 0 Å². The van der Waals surface area contributed by atoms with Crippen molar-refractivity contribution in [3.05, 3.63) is 66.2 Å². The molecule has 1 heterocycles. The van der Waals surface area contributed by atoms with Crippen LogP contribution < -0.4 is 10.6 Å². The van der Waals surface area contributed by atoms with Gasteiger partial charge in [-0.3, -0.25) is 0 Å². The third-order valence-corrected chi connectivity index (χ3v) is 3.35. The monoisotopic (exact) mass is 263 g/mol. The first-order chi connectivity index (χ1) is 9.72. The van der Waals surface area contributed by atoms with E-state index in [0.29, 0.717) is 0 Å². The van der Waals surface area contributed by atoms with Gasteiger partial charge in [-0.2, -0.15) is 0 Å². The molecule has 0 aliphatic carbocycles. The zero-order valence-corrected chi connectivity index (χ0v) is 11.5. The van der Waals surface area contributed by atoms with Crippen molar-refractivity contribution in [3.8, 4) is 0 Å². The van der Waals surface area contributed by atoms with Gasteiger partial charge in [0.1, 0.15) is 5.82 Å². The Morgan fingerprint density at radius 3 is 2.70 bits per heavy atom. The van der Waals surface area contributed by atoms with Gasteiger partial charge in [0, 0.05) is 24.7 Å². The molecule has 0 bridgehead atoms. The van der Waals surface area contributed by atoms with Gasteiger partial charge in [0.15, 0.2) is 0 Å².